The van der Waals surface area contributed by atoms with E-state index in [-0.39, 0.29) is 23.1 Å². The number of phenols is 1. The molecule has 0 aliphatic rings. The highest BCUT2D eigenvalue weighted by atomic mass is 32.2. The molecule has 2 heterocycles. The zero-order valence-corrected chi connectivity index (χ0v) is 18.6. The lowest BCUT2D eigenvalue weighted by atomic mass is 10.1. The van der Waals surface area contributed by atoms with Crippen LogP contribution in [0.25, 0.3) is 5.82 Å². The summed E-state index contributed by atoms with van der Waals surface area (Å²) in [6.45, 7) is 3.75. The summed E-state index contributed by atoms with van der Waals surface area (Å²) >= 11 is 1.50. The number of nitrogen functional groups attached to an aromatic ring is 1. The molecular formula is C21H20N8O3S. The van der Waals surface area contributed by atoms with E-state index in [2.05, 4.69) is 35.8 Å². The van der Waals surface area contributed by atoms with Crippen molar-refractivity contribution in [2.24, 2.45) is 5.10 Å². The number of hydrazone groups is 1. The maximum absolute atomic E-state index is 12.9. The van der Waals surface area contributed by atoms with Gasteiger partial charge in [-0.25, -0.2) is 10.1 Å². The Kier molecular flexibility index (Phi) is 6.36. The predicted octanol–water partition coefficient (Wildman–Crippen LogP) is 2.69. The van der Waals surface area contributed by atoms with Crippen LogP contribution in [0.2, 0.25) is 0 Å². The summed E-state index contributed by atoms with van der Waals surface area (Å²) in [5.41, 5.74) is 11.3. The number of carbonyl (C=O) groups is 1. The third-order valence-electron chi connectivity index (χ3n) is 4.68. The predicted molar refractivity (Wildman–Crippen MR) is 122 cm³/mol. The fraction of sp³-hybridized carbons (Fsp3) is 0.143. The van der Waals surface area contributed by atoms with Gasteiger partial charge in [0.05, 0.1) is 11.4 Å². The molecule has 0 atom stereocenters. The number of aromatic hydroxyl groups is 1. The first-order valence-electron chi connectivity index (χ1n) is 9.79. The summed E-state index contributed by atoms with van der Waals surface area (Å²) in [5, 5.41) is 29.0. The molecule has 33 heavy (non-hydrogen) atoms. The number of aryl methyl sites for hydroxylation is 1. The van der Waals surface area contributed by atoms with E-state index in [1.165, 1.54) is 16.4 Å². The fourth-order valence-corrected chi connectivity index (χ4v) is 3.75. The molecule has 0 fully saturated rings. The normalized spacial score (nSPS) is 11.5. The Labute approximate surface area is 192 Å². The van der Waals surface area contributed by atoms with Crippen LogP contribution in [0.15, 0.2) is 63.2 Å². The number of amides is 1. The van der Waals surface area contributed by atoms with Crippen molar-refractivity contribution in [3.63, 3.8) is 0 Å². The first-order chi connectivity index (χ1) is 15.9. The van der Waals surface area contributed by atoms with Gasteiger partial charge >= 0.3 is 0 Å². The second-order valence-electron chi connectivity index (χ2n) is 7.06. The molecule has 11 nitrogen and oxygen atoms in total. The first kappa shape index (κ1) is 22.0. The van der Waals surface area contributed by atoms with Crippen LogP contribution < -0.4 is 11.2 Å². The number of nitrogens with zero attached hydrogens (tertiary/aromatic N) is 6. The number of nitrogens with two attached hydrogens (primary N) is 1. The van der Waals surface area contributed by atoms with Crippen molar-refractivity contribution in [3.05, 3.63) is 71.0 Å². The summed E-state index contributed by atoms with van der Waals surface area (Å²) in [6.07, 6.45) is 0. The Morgan fingerprint density at radius 3 is 2.58 bits per heavy atom. The lowest BCUT2D eigenvalue weighted by Crippen LogP contribution is -2.21. The molecule has 0 unspecified atom stereocenters. The van der Waals surface area contributed by atoms with Gasteiger partial charge in [-0.15, -0.1) is 16.9 Å². The number of nitrogens with one attached hydrogen (secondary N) is 1. The van der Waals surface area contributed by atoms with Gasteiger partial charge in [-0.2, -0.15) is 9.78 Å². The Bertz CT molecular complexity index is 1300. The number of carbonyl (C=O) groups excluding carboxylic acids is 1. The largest absolute Gasteiger partial charge is 0.508 e. The average molecular weight is 465 g/mol. The van der Waals surface area contributed by atoms with Crippen molar-refractivity contribution in [3.8, 4) is 11.6 Å². The van der Waals surface area contributed by atoms with Gasteiger partial charge in [-0.3, -0.25) is 4.79 Å². The number of hydrogen-bond donors (Lipinski definition) is 3. The number of rotatable bonds is 7. The van der Waals surface area contributed by atoms with Crippen molar-refractivity contribution >= 4 is 29.2 Å². The second-order valence-corrected chi connectivity index (χ2v) is 8.11. The lowest BCUT2D eigenvalue weighted by molar-refractivity contribution is 0.0949. The molecule has 4 aromatic rings. The molecule has 0 aliphatic carbocycles. The zero-order chi connectivity index (χ0) is 23.4. The molecule has 0 saturated carbocycles. The molecule has 4 N–H and O–H groups in total. The highest BCUT2D eigenvalue weighted by molar-refractivity contribution is 7.98. The van der Waals surface area contributed by atoms with Gasteiger partial charge in [0.15, 0.2) is 5.69 Å². The van der Waals surface area contributed by atoms with Gasteiger partial charge in [-0.1, -0.05) is 22.9 Å². The Morgan fingerprint density at radius 2 is 1.91 bits per heavy atom. The highest BCUT2D eigenvalue weighted by Gasteiger charge is 2.24. The summed E-state index contributed by atoms with van der Waals surface area (Å²) in [4.78, 5) is 13.9. The fourth-order valence-electron chi connectivity index (χ4n) is 2.86. The number of anilines is 1. The van der Waals surface area contributed by atoms with Crippen LogP contribution in [0, 0.1) is 6.92 Å². The molecule has 4 rings (SSSR count). The van der Waals surface area contributed by atoms with E-state index in [0.717, 1.165) is 16.0 Å². The summed E-state index contributed by atoms with van der Waals surface area (Å²) in [7, 11) is 0. The third kappa shape index (κ3) is 5.01. The SMILES string of the molecule is C/C(=N\NC(=O)c1nnn(-c2nonc2N)c1CSc1ccc(C)cc1)c1ccc(O)cc1. The Morgan fingerprint density at radius 1 is 1.18 bits per heavy atom. The molecule has 1 amide bonds. The number of benzene rings is 2. The molecule has 168 valence electrons. The molecule has 0 radical (unpaired) electrons. The van der Waals surface area contributed by atoms with Gasteiger partial charge < -0.3 is 10.8 Å². The van der Waals surface area contributed by atoms with E-state index >= 15 is 0 Å². The average Bonchev–Trinajstić information content (AvgIpc) is 3.43. The molecule has 0 aliphatic heterocycles. The lowest BCUT2D eigenvalue weighted by Gasteiger charge is -2.06. The minimum Gasteiger partial charge on any atom is -0.508 e. The van der Waals surface area contributed by atoms with Gasteiger partial charge in [-0.05, 0) is 66.1 Å². The Balaban J connectivity index is 1.59. The van der Waals surface area contributed by atoms with Crippen molar-refractivity contribution in [2.45, 2.75) is 24.5 Å². The van der Waals surface area contributed by atoms with Gasteiger partial charge in [0, 0.05) is 10.6 Å². The summed E-state index contributed by atoms with van der Waals surface area (Å²) < 4.78 is 6.01. The maximum Gasteiger partial charge on any atom is 0.293 e. The van der Waals surface area contributed by atoms with Crippen LogP contribution >= 0.6 is 11.8 Å². The van der Waals surface area contributed by atoms with E-state index in [1.54, 1.807) is 31.2 Å². The van der Waals surface area contributed by atoms with Crippen molar-refractivity contribution in [2.75, 3.05) is 5.73 Å². The summed E-state index contributed by atoms with van der Waals surface area (Å²) in [6, 6.07) is 14.5. The van der Waals surface area contributed by atoms with E-state index in [0.29, 0.717) is 17.2 Å². The van der Waals surface area contributed by atoms with E-state index < -0.39 is 5.91 Å². The van der Waals surface area contributed by atoms with Gasteiger partial charge in [0.2, 0.25) is 11.6 Å². The van der Waals surface area contributed by atoms with Gasteiger partial charge in [0.1, 0.15) is 5.75 Å². The second kappa shape index (κ2) is 9.53. The van der Waals surface area contributed by atoms with Crippen LogP contribution in [0.4, 0.5) is 5.82 Å². The van der Waals surface area contributed by atoms with E-state index in [1.807, 2.05) is 31.2 Å². The zero-order valence-electron chi connectivity index (χ0n) is 17.8. The van der Waals surface area contributed by atoms with E-state index in [9.17, 15) is 9.90 Å². The van der Waals surface area contributed by atoms with Gasteiger partial charge in [0.25, 0.3) is 5.91 Å². The Hall–Kier alpha value is -4.19. The molecule has 0 saturated heterocycles. The van der Waals surface area contributed by atoms with Crippen LogP contribution in [-0.2, 0) is 5.75 Å². The first-order valence-corrected chi connectivity index (χ1v) is 10.8. The summed E-state index contributed by atoms with van der Waals surface area (Å²) in [5.74, 6) is 0.115. The monoisotopic (exact) mass is 464 g/mol. The number of aromatic nitrogens is 5. The third-order valence-corrected chi connectivity index (χ3v) is 5.70. The standard InChI is InChI=1S/C21H20N8O3S/c1-12-3-9-16(10-4-12)33-11-17-18(24-28-29(17)20-19(22)26-32-27-20)21(31)25-23-13(2)14-5-7-15(30)8-6-14/h3-10,30H,11H2,1-2H3,(H2,22,26)(H,25,31)/b23-13+. The van der Waals surface area contributed by atoms with Crippen molar-refractivity contribution in [1.29, 1.82) is 0 Å². The van der Waals surface area contributed by atoms with Crippen molar-refractivity contribution in [1.82, 2.24) is 30.7 Å². The maximum atomic E-state index is 12.9. The molecule has 2 aromatic heterocycles. The van der Waals surface area contributed by atoms with Crippen LogP contribution in [0.5, 0.6) is 5.75 Å². The van der Waals surface area contributed by atoms with E-state index in [4.69, 9.17) is 5.73 Å². The van der Waals surface area contributed by atoms with Crippen LogP contribution in [0.1, 0.15) is 34.2 Å². The quantitative estimate of drug-likeness (QED) is 0.212. The van der Waals surface area contributed by atoms with Crippen LogP contribution in [0.3, 0.4) is 0 Å². The number of thioether (sulfide) groups is 1. The van der Waals surface area contributed by atoms with Crippen LogP contribution in [-0.4, -0.2) is 42.0 Å². The minimum atomic E-state index is -0.547. The smallest absolute Gasteiger partial charge is 0.293 e. The number of hydrogen-bond acceptors (Lipinski definition) is 10. The van der Waals surface area contributed by atoms with Crippen molar-refractivity contribution < 1.29 is 14.5 Å². The topological polar surface area (TPSA) is 157 Å². The minimum absolute atomic E-state index is 0.0228. The highest BCUT2D eigenvalue weighted by Crippen LogP contribution is 2.26. The molecule has 0 bridgehead atoms. The molecule has 0 spiro atoms. The molecular weight excluding hydrogens is 444 g/mol. The molecule has 12 heteroatoms. The molecule has 2 aromatic carbocycles. The number of phenolic OH excluding ortho intramolecular Hbond substituents is 1.